The van der Waals surface area contributed by atoms with Crippen molar-refractivity contribution in [3.05, 3.63) is 0 Å². The molecule has 4 nitrogen and oxygen atoms in total. The summed E-state index contributed by atoms with van der Waals surface area (Å²) in [5, 5.41) is 0. The lowest BCUT2D eigenvalue weighted by molar-refractivity contribution is -1.02. The summed E-state index contributed by atoms with van der Waals surface area (Å²) in [7, 11) is 0. The van der Waals surface area contributed by atoms with Crippen LogP contribution in [0.3, 0.4) is 0 Å². The number of carbonyl (C=O) groups is 1. The molecule has 0 saturated carbocycles. The highest BCUT2D eigenvalue weighted by atomic mass is 16.7. The predicted molar refractivity (Wildman–Crippen MR) is 57.1 cm³/mol. The van der Waals surface area contributed by atoms with Gasteiger partial charge in [-0.05, 0) is 12.8 Å². The summed E-state index contributed by atoms with van der Waals surface area (Å²) in [6.45, 7) is 4.22. The summed E-state index contributed by atoms with van der Waals surface area (Å²) in [4.78, 5) is 21.3. The summed E-state index contributed by atoms with van der Waals surface area (Å²) in [5.74, 6) is 0.903. The Morgan fingerprint density at radius 3 is 2.87 bits per heavy atom. The third-order valence-corrected chi connectivity index (χ3v) is 3.17. The van der Waals surface area contributed by atoms with Gasteiger partial charge in [-0.15, -0.1) is 0 Å². The fourth-order valence-corrected chi connectivity index (χ4v) is 2.53. The second-order valence-corrected chi connectivity index (χ2v) is 4.38. The monoisotopic (exact) mass is 211 g/mol. The van der Waals surface area contributed by atoms with Gasteiger partial charge in [-0.2, -0.15) is 0 Å². The summed E-state index contributed by atoms with van der Waals surface area (Å²) < 4.78 is 0.398. The van der Waals surface area contributed by atoms with Crippen LogP contribution < -0.4 is 0 Å². The third-order valence-electron chi connectivity index (χ3n) is 3.17. The van der Waals surface area contributed by atoms with Gasteiger partial charge in [0.1, 0.15) is 13.1 Å². The molecule has 1 fully saturated rings. The van der Waals surface area contributed by atoms with E-state index in [1.54, 1.807) is 0 Å². The van der Waals surface area contributed by atoms with Crippen molar-refractivity contribution >= 4 is 11.8 Å². The van der Waals surface area contributed by atoms with E-state index in [9.17, 15) is 4.79 Å². The number of hydrogen-bond donors (Lipinski definition) is 0. The highest BCUT2D eigenvalue weighted by Gasteiger charge is 2.41. The number of amidine groups is 1. The maximum Gasteiger partial charge on any atom is 0.364 e. The largest absolute Gasteiger partial charge is 0.364 e. The molecule has 0 aliphatic carbocycles. The molecule has 2 aliphatic rings. The van der Waals surface area contributed by atoms with Crippen LogP contribution in [0, 0.1) is 0 Å². The molecule has 15 heavy (non-hydrogen) atoms. The van der Waals surface area contributed by atoms with Crippen LogP contribution in [0.2, 0.25) is 0 Å². The van der Waals surface area contributed by atoms with Crippen molar-refractivity contribution < 1.29 is 14.3 Å². The number of aliphatic imine (C=N–C) groups is 1. The minimum absolute atomic E-state index is 0.188. The van der Waals surface area contributed by atoms with E-state index >= 15 is 0 Å². The molecule has 0 spiro atoms. The molecule has 1 unspecified atom stereocenters. The number of carbonyl (C=O) groups excluding carboxylic acids is 1. The second kappa shape index (κ2) is 4.31. The zero-order valence-corrected chi connectivity index (χ0v) is 9.37. The zero-order valence-electron chi connectivity index (χ0n) is 9.37. The lowest BCUT2D eigenvalue weighted by Crippen LogP contribution is -2.55. The van der Waals surface area contributed by atoms with Crippen LogP contribution >= 0.6 is 0 Å². The van der Waals surface area contributed by atoms with Crippen LogP contribution in [0.15, 0.2) is 4.99 Å². The first-order valence-electron chi connectivity index (χ1n) is 5.84. The van der Waals surface area contributed by atoms with E-state index in [0.29, 0.717) is 4.65 Å². The second-order valence-electron chi connectivity index (χ2n) is 4.38. The van der Waals surface area contributed by atoms with Gasteiger partial charge in [-0.25, -0.2) is 9.79 Å². The van der Waals surface area contributed by atoms with Crippen molar-refractivity contribution in [3.8, 4) is 0 Å². The van der Waals surface area contributed by atoms with E-state index in [0.717, 1.165) is 44.7 Å². The molecular formula is C11H19N2O2+. The molecule has 0 aromatic carbocycles. The average Bonchev–Trinajstić information content (AvgIpc) is 2.38. The standard InChI is InChI=1S/C11H19N2O2/c1-10(14)15-13-8-4-2-3-6-11(13)12-7-5-9-13/h2-9H2,1H3/q+1. The van der Waals surface area contributed by atoms with Crippen molar-refractivity contribution in [2.45, 2.75) is 39.0 Å². The first-order valence-corrected chi connectivity index (χ1v) is 5.84. The molecule has 1 atom stereocenters. The van der Waals surface area contributed by atoms with Gasteiger partial charge in [0.05, 0.1) is 6.54 Å². The maximum atomic E-state index is 11.2. The Labute approximate surface area is 90.5 Å². The van der Waals surface area contributed by atoms with Crippen LogP contribution in [0.5, 0.6) is 0 Å². The fraction of sp³-hybridized carbons (Fsp3) is 0.818. The van der Waals surface area contributed by atoms with E-state index in [2.05, 4.69) is 4.99 Å². The maximum absolute atomic E-state index is 11.2. The Hall–Kier alpha value is -0.900. The number of hydroxylamine groups is 3. The fourth-order valence-electron chi connectivity index (χ4n) is 2.53. The summed E-state index contributed by atoms with van der Waals surface area (Å²) in [6, 6.07) is 0. The van der Waals surface area contributed by atoms with Crippen molar-refractivity contribution in [1.29, 1.82) is 0 Å². The first kappa shape index (κ1) is 10.6. The highest BCUT2D eigenvalue weighted by Crippen LogP contribution is 2.25. The number of quaternary nitrogens is 1. The van der Waals surface area contributed by atoms with Gasteiger partial charge in [0.25, 0.3) is 0 Å². The zero-order chi connectivity index (χ0) is 10.7. The summed E-state index contributed by atoms with van der Waals surface area (Å²) >= 11 is 0. The van der Waals surface area contributed by atoms with Gasteiger partial charge in [0.15, 0.2) is 0 Å². The Morgan fingerprint density at radius 2 is 2.07 bits per heavy atom. The Bertz CT molecular complexity index is 288. The van der Waals surface area contributed by atoms with Crippen LogP contribution in [0.4, 0.5) is 0 Å². The predicted octanol–water partition coefficient (Wildman–Crippen LogP) is 1.66. The molecule has 1 saturated heterocycles. The molecule has 0 radical (unpaired) electrons. The SMILES string of the molecule is CC(=O)O[N+]12CCCCCC1=NCCC2. The van der Waals surface area contributed by atoms with Crippen molar-refractivity contribution in [3.63, 3.8) is 0 Å². The first-order chi connectivity index (χ1) is 7.23. The normalized spacial score (nSPS) is 31.1. The van der Waals surface area contributed by atoms with Crippen molar-refractivity contribution in [2.75, 3.05) is 19.6 Å². The van der Waals surface area contributed by atoms with Gasteiger partial charge in [0, 0.05) is 26.2 Å². The lowest BCUT2D eigenvalue weighted by atomic mass is 10.2. The smallest absolute Gasteiger partial charge is 0.271 e. The molecule has 2 aliphatic heterocycles. The van der Waals surface area contributed by atoms with Gasteiger partial charge in [-0.3, -0.25) is 4.84 Å². The molecule has 2 heterocycles. The number of nitrogens with zero attached hydrogens (tertiary/aromatic N) is 2. The molecule has 0 aromatic rings. The minimum Gasteiger partial charge on any atom is -0.271 e. The van der Waals surface area contributed by atoms with Gasteiger partial charge in [0.2, 0.25) is 5.84 Å². The van der Waals surface area contributed by atoms with Crippen molar-refractivity contribution in [2.24, 2.45) is 4.99 Å². The van der Waals surface area contributed by atoms with Gasteiger partial charge >= 0.3 is 5.97 Å². The number of hydrogen-bond acceptors (Lipinski definition) is 3. The molecule has 0 amide bonds. The number of rotatable bonds is 1. The van der Waals surface area contributed by atoms with Crippen LogP contribution in [-0.2, 0) is 9.63 Å². The van der Waals surface area contributed by atoms with Crippen LogP contribution in [0.25, 0.3) is 0 Å². The van der Waals surface area contributed by atoms with E-state index in [4.69, 9.17) is 4.84 Å². The molecule has 0 N–H and O–H groups in total. The van der Waals surface area contributed by atoms with E-state index < -0.39 is 0 Å². The van der Waals surface area contributed by atoms with Crippen LogP contribution in [0.1, 0.15) is 39.0 Å². The molecule has 0 bridgehead atoms. The molecule has 4 heteroatoms. The Kier molecular flexibility index (Phi) is 3.05. The topological polar surface area (TPSA) is 38.7 Å². The highest BCUT2D eigenvalue weighted by molar-refractivity contribution is 5.77. The Morgan fingerprint density at radius 1 is 1.27 bits per heavy atom. The lowest BCUT2D eigenvalue weighted by Gasteiger charge is -2.35. The molecule has 0 aromatic heterocycles. The number of fused-ring (bicyclic) bond motifs is 1. The van der Waals surface area contributed by atoms with Gasteiger partial charge < -0.3 is 0 Å². The minimum atomic E-state index is -0.188. The molecule has 84 valence electrons. The van der Waals surface area contributed by atoms with Gasteiger partial charge in [-0.1, -0.05) is 4.65 Å². The Balaban J connectivity index is 2.24. The van der Waals surface area contributed by atoms with E-state index in [1.165, 1.54) is 19.8 Å². The third kappa shape index (κ3) is 2.20. The molecule has 2 rings (SSSR count). The van der Waals surface area contributed by atoms with Crippen molar-refractivity contribution in [1.82, 2.24) is 0 Å². The van der Waals surface area contributed by atoms with Crippen LogP contribution in [-0.4, -0.2) is 36.1 Å². The van der Waals surface area contributed by atoms with E-state index in [1.807, 2.05) is 0 Å². The summed E-state index contributed by atoms with van der Waals surface area (Å²) in [5.41, 5.74) is 0. The average molecular weight is 211 g/mol. The molecular weight excluding hydrogens is 192 g/mol. The van der Waals surface area contributed by atoms with E-state index in [-0.39, 0.29) is 5.97 Å². The summed E-state index contributed by atoms with van der Waals surface area (Å²) in [6.07, 6.45) is 5.55. The quantitative estimate of drug-likeness (QED) is 0.619.